The fourth-order valence-electron chi connectivity index (χ4n) is 3.38. The molecule has 2 aromatic heterocycles. The fraction of sp³-hybridized carbons (Fsp3) is 0.333. The number of nitrogens with one attached hydrogen (secondary N) is 1. The topological polar surface area (TPSA) is 108 Å². The monoisotopic (exact) mass is 550 g/mol. The summed E-state index contributed by atoms with van der Waals surface area (Å²) in [6, 6.07) is 3.17. The minimum atomic E-state index is -1.50. The van der Waals surface area contributed by atoms with Gasteiger partial charge in [-0.15, -0.1) is 0 Å². The summed E-state index contributed by atoms with van der Waals surface area (Å²) in [6.45, 7) is 4.47. The van der Waals surface area contributed by atoms with Crippen LogP contribution in [0.4, 0.5) is 8.78 Å². The summed E-state index contributed by atoms with van der Waals surface area (Å²) in [4.78, 5) is 37.3. The van der Waals surface area contributed by atoms with Gasteiger partial charge in [0.2, 0.25) is 0 Å². The van der Waals surface area contributed by atoms with E-state index in [1.807, 2.05) is 0 Å². The third-order valence-electron chi connectivity index (χ3n) is 5.20. The number of hydrogen-bond acceptors (Lipinski definition) is 6. The van der Waals surface area contributed by atoms with Crippen LogP contribution < -0.4 is 10.3 Å². The summed E-state index contributed by atoms with van der Waals surface area (Å²) < 4.78 is 33.2. The van der Waals surface area contributed by atoms with Crippen molar-refractivity contribution in [3.63, 3.8) is 0 Å². The normalized spacial score (nSPS) is 11.4. The second-order valence-electron chi connectivity index (χ2n) is 8.62. The van der Waals surface area contributed by atoms with E-state index in [1.54, 1.807) is 20.2 Å². The molecule has 35 heavy (non-hydrogen) atoms. The predicted molar refractivity (Wildman–Crippen MR) is 128 cm³/mol. The minimum absolute atomic E-state index is 0.135. The Morgan fingerprint density at radius 2 is 1.89 bits per heavy atom. The summed E-state index contributed by atoms with van der Waals surface area (Å²) in [6.07, 6.45) is 3.31. The zero-order chi connectivity index (χ0) is 25.9. The van der Waals surface area contributed by atoms with Gasteiger partial charge in [-0.25, -0.2) is 8.78 Å². The molecule has 2 N–H and O–H groups in total. The number of aromatic nitrogens is 3. The number of benzene rings is 1. The van der Waals surface area contributed by atoms with Crippen molar-refractivity contribution < 1.29 is 23.4 Å². The molecule has 0 spiro atoms. The Hall–Kier alpha value is -3.18. The Labute approximate surface area is 209 Å². The summed E-state index contributed by atoms with van der Waals surface area (Å²) in [7, 11) is 1.56. The zero-order valence-corrected chi connectivity index (χ0v) is 21.2. The quantitative estimate of drug-likeness (QED) is 0.445. The average molecular weight is 551 g/mol. The van der Waals surface area contributed by atoms with E-state index in [4.69, 9.17) is 4.74 Å². The van der Waals surface area contributed by atoms with Gasteiger partial charge in [0.25, 0.3) is 11.5 Å². The minimum Gasteiger partial charge on any atom is -0.487 e. The number of carbonyl (C=O) groups excluding carboxylic acids is 1. The predicted octanol–water partition coefficient (Wildman–Crippen LogP) is 3.41. The van der Waals surface area contributed by atoms with Crippen molar-refractivity contribution in [2.75, 3.05) is 7.05 Å². The molecule has 0 unspecified atom stereocenters. The third kappa shape index (κ3) is 6.49. The standard InChI is InChI=1S/C24H25BrF2N4O4/c1-13-18(8-16-9-29-17(10-28-16)11-31(4)23(33)24(2,3)34)21(20(25)22(32)30-13)35-12-14-5-6-15(26)7-19(14)27/h5-7,9-10,34H,8,11-12H2,1-4H3,(H,30,32). The average Bonchev–Trinajstić information content (AvgIpc) is 2.78. The van der Waals surface area contributed by atoms with E-state index in [-0.39, 0.29) is 35.4 Å². The van der Waals surface area contributed by atoms with Gasteiger partial charge in [-0.05, 0) is 48.8 Å². The van der Waals surface area contributed by atoms with Crippen LogP contribution in [0.3, 0.4) is 0 Å². The van der Waals surface area contributed by atoms with Crippen molar-refractivity contribution in [1.29, 1.82) is 0 Å². The third-order valence-corrected chi connectivity index (χ3v) is 5.92. The maximum atomic E-state index is 14.0. The van der Waals surface area contributed by atoms with Gasteiger partial charge >= 0.3 is 0 Å². The van der Waals surface area contributed by atoms with Crippen molar-refractivity contribution in [2.24, 2.45) is 0 Å². The van der Waals surface area contributed by atoms with Gasteiger partial charge in [0, 0.05) is 42.6 Å². The Kier molecular flexibility index (Phi) is 8.01. The molecule has 0 aliphatic heterocycles. The Bertz CT molecular complexity index is 1290. The van der Waals surface area contributed by atoms with Crippen LogP contribution in [0.2, 0.25) is 0 Å². The number of aromatic amines is 1. The van der Waals surface area contributed by atoms with Crippen LogP contribution in [-0.2, 0) is 24.4 Å². The molecule has 3 rings (SSSR count). The molecule has 3 aromatic rings. The number of carbonyl (C=O) groups is 1. The van der Waals surface area contributed by atoms with Crippen LogP contribution in [0, 0.1) is 18.6 Å². The number of nitrogens with zero attached hydrogens (tertiary/aromatic N) is 3. The molecule has 1 aromatic carbocycles. The number of amides is 1. The van der Waals surface area contributed by atoms with Crippen molar-refractivity contribution in [2.45, 2.75) is 45.9 Å². The van der Waals surface area contributed by atoms with E-state index in [1.165, 1.54) is 31.0 Å². The van der Waals surface area contributed by atoms with Crippen LogP contribution in [-0.4, -0.2) is 43.5 Å². The largest absolute Gasteiger partial charge is 0.487 e. The van der Waals surface area contributed by atoms with Gasteiger partial charge in [0.1, 0.15) is 34.1 Å². The summed E-state index contributed by atoms with van der Waals surface area (Å²) in [5.74, 6) is -1.68. The van der Waals surface area contributed by atoms with Gasteiger partial charge in [0.05, 0.1) is 24.1 Å². The van der Waals surface area contributed by atoms with E-state index in [0.717, 1.165) is 12.1 Å². The highest BCUT2D eigenvalue weighted by Crippen LogP contribution is 2.30. The zero-order valence-electron chi connectivity index (χ0n) is 19.7. The highest BCUT2D eigenvalue weighted by molar-refractivity contribution is 9.10. The lowest BCUT2D eigenvalue weighted by Gasteiger charge is -2.24. The van der Waals surface area contributed by atoms with E-state index in [0.29, 0.717) is 22.6 Å². The highest BCUT2D eigenvalue weighted by Gasteiger charge is 2.27. The van der Waals surface area contributed by atoms with Gasteiger partial charge < -0.3 is 19.7 Å². The number of likely N-dealkylation sites (N-methyl/N-ethyl adjacent to an activating group) is 1. The second kappa shape index (κ2) is 10.6. The number of H-pyrrole nitrogens is 1. The first-order valence-electron chi connectivity index (χ1n) is 10.6. The first-order chi connectivity index (χ1) is 16.4. The molecule has 0 fully saturated rings. The van der Waals surface area contributed by atoms with E-state index in [9.17, 15) is 23.5 Å². The molecule has 0 aliphatic rings. The lowest BCUT2D eigenvalue weighted by Crippen LogP contribution is -2.42. The van der Waals surface area contributed by atoms with Crippen LogP contribution in [0.1, 0.15) is 42.1 Å². The van der Waals surface area contributed by atoms with Crippen LogP contribution in [0.15, 0.2) is 39.9 Å². The Balaban J connectivity index is 1.81. The highest BCUT2D eigenvalue weighted by atomic mass is 79.9. The summed E-state index contributed by atoms with van der Waals surface area (Å²) in [5.41, 5.74) is 0.453. The van der Waals surface area contributed by atoms with E-state index < -0.39 is 28.7 Å². The SMILES string of the molecule is Cc1[nH]c(=O)c(Br)c(OCc2ccc(F)cc2F)c1Cc1cnc(CN(C)C(=O)C(C)(C)O)cn1. The molecular weight excluding hydrogens is 526 g/mol. The molecule has 11 heteroatoms. The second-order valence-corrected chi connectivity index (χ2v) is 9.41. The smallest absolute Gasteiger partial charge is 0.266 e. The lowest BCUT2D eigenvalue weighted by atomic mass is 10.1. The van der Waals surface area contributed by atoms with Crippen LogP contribution in [0.25, 0.3) is 0 Å². The van der Waals surface area contributed by atoms with Crippen molar-refractivity contribution >= 4 is 21.8 Å². The number of pyridine rings is 1. The molecule has 2 heterocycles. The van der Waals surface area contributed by atoms with Gasteiger partial charge in [-0.3, -0.25) is 19.6 Å². The van der Waals surface area contributed by atoms with Crippen molar-refractivity contribution in [1.82, 2.24) is 19.9 Å². The molecule has 0 bridgehead atoms. The maximum absolute atomic E-state index is 14.0. The summed E-state index contributed by atoms with van der Waals surface area (Å²) in [5, 5.41) is 9.87. The lowest BCUT2D eigenvalue weighted by molar-refractivity contribution is -0.147. The number of aryl methyl sites for hydroxylation is 1. The Morgan fingerprint density at radius 3 is 2.49 bits per heavy atom. The molecule has 0 atom stereocenters. The van der Waals surface area contributed by atoms with Crippen LogP contribution in [0.5, 0.6) is 5.75 Å². The molecule has 8 nitrogen and oxygen atoms in total. The molecule has 1 amide bonds. The fourth-order valence-corrected chi connectivity index (χ4v) is 3.83. The number of ether oxygens (including phenoxy) is 1. The molecular formula is C24H25BrF2N4O4. The molecule has 186 valence electrons. The number of halogens is 3. The van der Waals surface area contributed by atoms with Gasteiger partial charge in [0.15, 0.2) is 0 Å². The van der Waals surface area contributed by atoms with E-state index >= 15 is 0 Å². The van der Waals surface area contributed by atoms with Crippen molar-refractivity contribution in [3.05, 3.63) is 85.3 Å². The van der Waals surface area contributed by atoms with Crippen LogP contribution >= 0.6 is 15.9 Å². The van der Waals surface area contributed by atoms with Gasteiger partial charge in [-0.1, -0.05) is 0 Å². The number of aliphatic hydroxyl groups is 1. The molecule has 0 saturated carbocycles. The first-order valence-corrected chi connectivity index (χ1v) is 11.4. The Morgan fingerprint density at radius 1 is 1.23 bits per heavy atom. The summed E-state index contributed by atoms with van der Waals surface area (Å²) >= 11 is 3.23. The van der Waals surface area contributed by atoms with Gasteiger partial charge in [-0.2, -0.15) is 0 Å². The van der Waals surface area contributed by atoms with Crippen molar-refractivity contribution in [3.8, 4) is 5.75 Å². The molecule has 0 saturated heterocycles. The maximum Gasteiger partial charge on any atom is 0.266 e. The molecule has 0 radical (unpaired) electrons. The first kappa shape index (κ1) is 26.4. The number of rotatable bonds is 8. The number of hydrogen-bond donors (Lipinski definition) is 2. The van der Waals surface area contributed by atoms with E-state index in [2.05, 4.69) is 30.9 Å². The molecule has 0 aliphatic carbocycles.